The number of aromatic nitrogens is 2. The molecule has 0 saturated carbocycles. The van der Waals surface area contributed by atoms with E-state index in [0.29, 0.717) is 11.6 Å². The summed E-state index contributed by atoms with van der Waals surface area (Å²) in [6.07, 6.45) is 4.13. The second-order valence-electron chi connectivity index (χ2n) is 4.29. The highest BCUT2D eigenvalue weighted by atomic mass is 19.1. The molecule has 1 fully saturated rings. The normalized spacial score (nSPS) is 21.4. The first kappa shape index (κ1) is 9.78. The Kier molecular flexibility index (Phi) is 2.36. The smallest absolute Gasteiger partial charge is 0.199 e. The molecule has 2 aromatic rings. The fraction of sp³-hybridized carbons (Fsp3) is 0.417. The molecule has 16 heavy (non-hydrogen) atoms. The number of fused-ring (bicyclic) bond motifs is 1. The summed E-state index contributed by atoms with van der Waals surface area (Å²) >= 11 is 0. The minimum absolute atomic E-state index is 0.250. The van der Waals surface area contributed by atoms with E-state index in [4.69, 9.17) is 0 Å². The van der Waals surface area contributed by atoms with Gasteiger partial charge in [0, 0.05) is 18.7 Å². The number of imidazole rings is 1. The molecule has 2 aromatic heterocycles. The van der Waals surface area contributed by atoms with Crippen molar-refractivity contribution in [3.8, 4) is 0 Å². The lowest BCUT2D eigenvalue weighted by atomic mass is 9.97. The van der Waals surface area contributed by atoms with Crippen LogP contribution in [0.1, 0.15) is 24.5 Å². The van der Waals surface area contributed by atoms with Crippen LogP contribution in [-0.4, -0.2) is 22.5 Å². The van der Waals surface area contributed by atoms with Gasteiger partial charge in [-0.3, -0.25) is 4.40 Å². The topological polar surface area (TPSA) is 29.3 Å². The molecule has 1 N–H and O–H groups in total. The Morgan fingerprint density at radius 3 is 3.12 bits per heavy atom. The van der Waals surface area contributed by atoms with Crippen LogP contribution in [0.25, 0.3) is 5.65 Å². The van der Waals surface area contributed by atoms with Crippen molar-refractivity contribution in [2.24, 2.45) is 0 Å². The van der Waals surface area contributed by atoms with E-state index in [-0.39, 0.29) is 5.95 Å². The molecule has 0 spiro atoms. The van der Waals surface area contributed by atoms with E-state index < -0.39 is 0 Å². The van der Waals surface area contributed by atoms with Crippen molar-refractivity contribution in [3.05, 3.63) is 36.0 Å². The minimum atomic E-state index is -0.250. The molecule has 0 radical (unpaired) electrons. The second-order valence-corrected chi connectivity index (χ2v) is 4.29. The quantitative estimate of drug-likeness (QED) is 0.743. The van der Waals surface area contributed by atoms with Crippen LogP contribution in [0.5, 0.6) is 0 Å². The number of rotatable bonds is 1. The van der Waals surface area contributed by atoms with E-state index in [9.17, 15) is 4.39 Å². The van der Waals surface area contributed by atoms with Gasteiger partial charge >= 0.3 is 0 Å². The molecule has 0 aromatic carbocycles. The fourth-order valence-corrected chi connectivity index (χ4v) is 2.30. The Labute approximate surface area is 93.3 Å². The van der Waals surface area contributed by atoms with Gasteiger partial charge in [-0.05, 0) is 31.5 Å². The molecule has 3 nitrogen and oxygen atoms in total. The predicted molar refractivity (Wildman–Crippen MR) is 60.0 cm³/mol. The van der Waals surface area contributed by atoms with Crippen molar-refractivity contribution in [1.82, 2.24) is 14.7 Å². The lowest BCUT2D eigenvalue weighted by molar-refractivity contribution is 0.455. The molecule has 3 heterocycles. The lowest BCUT2D eigenvalue weighted by Crippen LogP contribution is -2.28. The highest BCUT2D eigenvalue weighted by Crippen LogP contribution is 2.23. The van der Waals surface area contributed by atoms with Crippen LogP contribution in [0.3, 0.4) is 0 Å². The average Bonchev–Trinajstić information content (AvgIpc) is 2.76. The SMILES string of the molecule is Fc1cccc2nc(C3CCCNC3)cn12. The third-order valence-electron chi connectivity index (χ3n) is 3.18. The Hall–Kier alpha value is -1.42. The van der Waals surface area contributed by atoms with Crippen molar-refractivity contribution in [3.63, 3.8) is 0 Å². The van der Waals surface area contributed by atoms with Gasteiger partial charge in [0.2, 0.25) is 0 Å². The van der Waals surface area contributed by atoms with Gasteiger partial charge in [0.25, 0.3) is 0 Å². The van der Waals surface area contributed by atoms with E-state index in [1.165, 1.54) is 16.9 Å². The van der Waals surface area contributed by atoms with Crippen LogP contribution in [0.2, 0.25) is 0 Å². The third kappa shape index (κ3) is 1.59. The van der Waals surface area contributed by atoms with Gasteiger partial charge < -0.3 is 5.32 Å². The van der Waals surface area contributed by atoms with Crippen LogP contribution in [0.15, 0.2) is 24.4 Å². The molecule has 1 saturated heterocycles. The van der Waals surface area contributed by atoms with Gasteiger partial charge in [-0.15, -0.1) is 0 Å². The zero-order chi connectivity index (χ0) is 11.0. The van der Waals surface area contributed by atoms with Crippen LogP contribution in [0, 0.1) is 5.95 Å². The number of halogens is 1. The van der Waals surface area contributed by atoms with Crippen molar-refractivity contribution in [2.45, 2.75) is 18.8 Å². The van der Waals surface area contributed by atoms with Crippen molar-refractivity contribution < 1.29 is 4.39 Å². The summed E-state index contributed by atoms with van der Waals surface area (Å²) in [5, 5.41) is 3.35. The Morgan fingerprint density at radius 2 is 2.38 bits per heavy atom. The lowest BCUT2D eigenvalue weighted by Gasteiger charge is -2.20. The third-order valence-corrected chi connectivity index (χ3v) is 3.18. The van der Waals surface area contributed by atoms with E-state index in [1.807, 2.05) is 12.3 Å². The van der Waals surface area contributed by atoms with E-state index >= 15 is 0 Å². The Bertz CT molecular complexity index is 500. The highest BCUT2D eigenvalue weighted by molar-refractivity contribution is 5.40. The predicted octanol–water partition coefficient (Wildman–Crippen LogP) is 1.94. The minimum Gasteiger partial charge on any atom is -0.316 e. The average molecular weight is 219 g/mol. The first-order chi connectivity index (χ1) is 7.84. The first-order valence-electron chi connectivity index (χ1n) is 5.69. The largest absolute Gasteiger partial charge is 0.316 e. The maximum absolute atomic E-state index is 13.5. The molecule has 1 atom stereocenters. The van der Waals surface area contributed by atoms with Crippen molar-refractivity contribution in [1.29, 1.82) is 0 Å². The van der Waals surface area contributed by atoms with E-state index in [2.05, 4.69) is 10.3 Å². The van der Waals surface area contributed by atoms with Gasteiger partial charge in [0.1, 0.15) is 5.65 Å². The summed E-state index contributed by atoms with van der Waals surface area (Å²) in [5.41, 5.74) is 1.69. The first-order valence-corrected chi connectivity index (χ1v) is 5.69. The maximum Gasteiger partial charge on any atom is 0.199 e. The molecule has 1 unspecified atom stereocenters. The summed E-state index contributed by atoms with van der Waals surface area (Å²) in [5.74, 6) is 0.174. The van der Waals surface area contributed by atoms with E-state index in [1.54, 1.807) is 6.07 Å². The number of nitrogens with zero attached hydrogens (tertiary/aromatic N) is 2. The van der Waals surface area contributed by atoms with Gasteiger partial charge in [0.05, 0.1) is 5.69 Å². The Morgan fingerprint density at radius 1 is 1.44 bits per heavy atom. The van der Waals surface area contributed by atoms with Gasteiger partial charge in [-0.1, -0.05) is 6.07 Å². The summed E-state index contributed by atoms with van der Waals surface area (Å²) in [4.78, 5) is 4.48. The molecule has 0 amide bonds. The molecule has 0 bridgehead atoms. The number of hydrogen-bond donors (Lipinski definition) is 1. The van der Waals surface area contributed by atoms with Crippen LogP contribution in [-0.2, 0) is 0 Å². The summed E-state index contributed by atoms with van der Waals surface area (Å²) in [6.45, 7) is 2.03. The summed E-state index contributed by atoms with van der Waals surface area (Å²) in [6, 6.07) is 4.99. The van der Waals surface area contributed by atoms with Crippen molar-refractivity contribution >= 4 is 5.65 Å². The maximum atomic E-state index is 13.5. The molecule has 3 rings (SSSR count). The fourth-order valence-electron chi connectivity index (χ4n) is 2.30. The van der Waals surface area contributed by atoms with Gasteiger partial charge in [-0.25, -0.2) is 4.98 Å². The summed E-state index contributed by atoms with van der Waals surface area (Å²) < 4.78 is 15.0. The Balaban J connectivity index is 2.01. The molecule has 0 aliphatic carbocycles. The van der Waals surface area contributed by atoms with E-state index in [0.717, 1.165) is 25.2 Å². The van der Waals surface area contributed by atoms with Gasteiger partial charge in [-0.2, -0.15) is 4.39 Å². The highest BCUT2D eigenvalue weighted by Gasteiger charge is 2.18. The second kappa shape index (κ2) is 3.87. The molecule has 1 aliphatic heterocycles. The molecular weight excluding hydrogens is 205 g/mol. The number of hydrogen-bond acceptors (Lipinski definition) is 2. The van der Waals surface area contributed by atoms with Crippen LogP contribution < -0.4 is 5.32 Å². The standard InChI is InChI=1S/C12H14FN3/c13-11-4-1-5-12-15-10(8-16(11)12)9-3-2-6-14-7-9/h1,4-5,8-9,14H,2-3,6-7H2. The molecule has 4 heteroatoms. The van der Waals surface area contributed by atoms with Crippen molar-refractivity contribution in [2.75, 3.05) is 13.1 Å². The number of pyridine rings is 1. The molecular formula is C12H14FN3. The zero-order valence-corrected chi connectivity index (χ0v) is 8.99. The molecule has 84 valence electrons. The van der Waals surface area contributed by atoms with Gasteiger partial charge in [0.15, 0.2) is 5.95 Å². The van der Waals surface area contributed by atoms with Crippen LogP contribution >= 0.6 is 0 Å². The number of nitrogens with one attached hydrogen (secondary N) is 1. The zero-order valence-electron chi connectivity index (χ0n) is 8.99. The number of piperidine rings is 1. The summed E-state index contributed by atoms with van der Waals surface area (Å²) in [7, 11) is 0. The van der Waals surface area contributed by atoms with Crippen LogP contribution in [0.4, 0.5) is 4.39 Å². The monoisotopic (exact) mass is 219 g/mol. The molecule has 1 aliphatic rings.